The van der Waals surface area contributed by atoms with Crippen LogP contribution in [-0.2, 0) is 9.53 Å². The molecule has 5 nitrogen and oxygen atoms in total. The van der Waals surface area contributed by atoms with E-state index in [1.54, 1.807) is 6.92 Å². The average Bonchev–Trinajstić information content (AvgIpc) is 3.24. The summed E-state index contributed by atoms with van der Waals surface area (Å²) in [5, 5.41) is 5.27. The number of carbonyl (C=O) groups is 2. The van der Waals surface area contributed by atoms with E-state index in [4.69, 9.17) is 21.4 Å². The van der Waals surface area contributed by atoms with Crippen LogP contribution in [0.3, 0.4) is 0 Å². The summed E-state index contributed by atoms with van der Waals surface area (Å²) < 4.78 is 68.8. The van der Waals surface area contributed by atoms with Crippen molar-refractivity contribution in [2.75, 3.05) is 7.11 Å². The first-order valence-corrected chi connectivity index (χ1v) is 10.8. The minimum Gasteiger partial charge on any atom is -0.495 e. The van der Waals surface area contributed by atoms with Crippen molar-refractivity contribution in [1.29, 1.82) is 0 Å². The zero-order chi connectivity index (χ0) is 24.0. The number of thiophene rings is 1. The molecule has 0 unspecified atom stereocenters. The third-order valence-corrected chi connectivity index (χ3v) is 7.00. The van der Waals surface area contributed by atoms with Gasteiger partial charge < -0.3 is 9.84 Å². The number of carboxylic acids is 1. The van der Waals surface area contributed by atoms with E-state index in [2.05, 4.69) is 4.99 Å². The number of carbonyl (C=O) groups excluding carboxylic acids is 1. The molecule has 1 aliphatic carbocycles. The number of halogens is 6. The van der Waals surface area contributed by atoms with Gasteiger partial charge in [-0.2, -0.15) is 22.0 Å². The third kappa shape index (κ3) is 4.48. The molecule has 1 aromatic rings. The number of ether oxygens (including phenoxy) is 1. The predicted octanol–water partition coefficient (Wildman–Crippen LogP) is 6.18. The standard InChI is InChI=1S/C19H13ClF5NO4S2/c1-7-9(5-12(27)28)14-11(26-7)4-10(17(30-2)15(14)20)16(29)8-3-13(31-6-8)32-19(24,25)18(21,22)23/h3,6H,4-5H2,1-2H3,(H,27,28). The van der Waals surface area contributed by atoms with Gasteiger partial charge in [0.25, 0.3) is 0 Å². The van der Waals surface area contributed by atoms with Crippen molar-refractivity contribution in [3.8, 4) is 0 Å². The highest BCUT2D eigenvalue weighted by atomic mass is 35.5. The highest BCUT2D eigenvalue weighted by Gasteiger charge is 2.58. The Morgan fingerprint density at radius 2 is 1.97 bits per heavy atom. The van der Waals surface area contributed by atoms with Crippen LogP contribution in [0.5, 0.6) is 0 Å². The van der Waals surface area contributed by atoms with Gasteiger partial charge in [0.2, 0.25) is 0 Å². The second kappa shape index (κ2) is 8.64. The molecule has 0 fully saturated rings. The maximum absolute atomic E-state index is 13.3. The molecule has 1 aliphatic heterocycles. The summed E-state index contributed by atoms with van der Waals surface area (Å²) in [4.78, 5) is 28.5. The van der Waals surface area contributed by atoms with Crippen LogP contribution in [-0.4, -0.2) is 41.1 Å². The molecular weight excluding hydrogens is 501 g/mol. The van der Waals surface area contributed by atoms with E-state index >= 15 is 0 Å². The number of nitrogens with zero attached hydrogens (tertiary/aromatic N) is 1. The van der Waals surface area contributed by atoms with Crippen LogP contribution in [0.1, 0.15) is 30.1 Å². The minimum atomic E-state index is -5.74. The molecule has 1 N–H and O–H groups in total. The van der Waals surface area contributed by atoms with Crippen molar-refractivity contribution in [3.05, 3.63) is 50.2 Å². The molecule has 2 heterocycles. The lowest BCUT2D eigenvalue weighted by atomic mass is 9.87. The Morgan fingerprint density at radius 1 is 1.31 bits per heavy atom. The highest BCUT2D eigenvalue weighted by Crippen LogP contribution is 2.49. The topological polar surface area (TPSA) is 76.0 Å². The molecule has 0 amide bonds. The lowest BCUT2D eigenvalue weighted by Gasteiger charge is -2.21. The van der Waals surface area contributed by atoms with Gasteiger partial charge in [-0.3, -0.25) is 14.6 Å². The number of ketones is 1. The van der Waals surface area contributed by atoms with E-state index in [0.717, 1.165) is 6.07 Å². The van der Waals surface area contributed by atoms with Gasteiger partial charge in [-0.25, -0.2) is 0 Å². The summed E-state index contributed by atoms with van der Waals surface area (Å²) in [6.45, 7) is 1.60. The van der Waals surface area contributed by atoms with E-state index in [1.807, 2.05) is 0 Å². The third-order valence-electron chi connectivity index (χ3n) is 4.57. The molecule has 32 heavy (non-hydrogen) atoms. The zero-order valence-electron chi connectivity index (χ0n) is 16.3. The summed E-state index contributed by atoms with van der Waals surface area (Å²) >= 11 is 6.28. The largest absolute Gasteiger partial charge is 0.495 e. The van der Waals surface area contributed by atoms with Gasteiger partial charge in [-0.15, -0.1) is 11.3 Å². The number of aliphatic carboxylic acids is 1. The smallest absolute Gasteiger partial charge is 0.464 e. The quantitative estimate of drug-likeness (QED) is 0.268. The number of alkyl halides is 5. The number of carboxylic acid groups (broad SMARTS) is 1. The Kier molecular flexibility index (Phi) is 6.60. The summed E-state index contributed by atoms with van der Waals surface area (Å²) in [5.74, 6) is -1.81. The van der Waals surface area contributed by atoms with E-state index in [0.29, 0.717) is 33.9 Å². The molecule has 0 saturated carbocycles. The van der Waals surface area contributed by atoms with Gasteiger partial charge in [-0.1, -0.05) is 11.6 Å². The molecule has 2 aliphatic rings. The van der Waals surface area contributed by atoms with Crippen LogP contribution < -0.4 is 0 Å². The number of thioether (sulfide) groups is 1. The van der Waals surface area contributed by atoms with Crippen LogP contribution in [0.4, 0.5) is 22.0 Å². The van der Waals surface area contributed by atoms with Crippen LogP contribution in [0.25, 0.3) is 0 Å². The Morgan fingerprint density at radius 3 is 2.53 bits per heavy atom. The second-order valence-electron chi connectivity index (χ2n) is 6.67. The Hall–Kier alpha value is -2.18. The van der Waals surface area contributed by atoms with Gasteiger partial charge in [0.15, 0.2) is 5.78 Å². The monoisotopic (exact) mass is 513 g/mol. The van der Waals surface area contributed by atoms with Gasteiger partial charge in [0, 0.05) is 34.2 Å². The molecule has 0 aromatic carbocycles. The van der Waals surface area contributed by atoms with Crippen molar-refractivity contribution in [1.82, 2.24) is 0 Å². The Labute approximate surface area is 191 Å². The van der Waals surface area contributed by atoms with E-state index < -0.39 is 39.2 Å². The summed E-state index contributed by atoms with van der Waals surface area (Å²) in [6.07, 6.45) is -6.16. The van der Waals surface area contributed by atoms with Crippen molar-refractivity contribution >= 4 is 52.2 Å². The van der Waals surface area contributed by atoms with Gasteiger partial charge in [0.1, 0.15) is 5.76 Å². The molecule has 0 spiro atoms. The van der Waals surface area contributed by atoms with Crippen LogP contribution >= 0.6 is 34.7 Å². The zero-order valence-corrected chi connectivity index (χ0v) is 18.7. The van der Waals surface area contributed by atoms with Crippen LogP contribution in [0.15, 0.2) is 53.9 Å². The fourth-order valence-electron chi connectivity index (χ4n) is 3.17. The first-order chi connectivity index (χ1) is 14.8. The molecule has 3 rings (SSSR count). The lowest BCUT2D eigenvalue weighted by molar-refractivity contribution is -0.237. The highest BCUT2D eigenvalue weighted by molar-refractivity contribution is 8.02. The number of hydrogen-bond acceptors (Lipinski definition) is 6. The molecule has 0 radical (unpaired) electrons. The van der Waals surface area contributed by atoms with Crippen molar-refractivity contribution in [2.24, 2.45) is 4.99 Å². The molecular formula is C19H13ClF5NO4S2. The Bertz CT molecular complexity index is 1130. The fourth-order valence-corrected chi connectivity index (χ4v) is 5.41. The number of hydrogen-bond donors (Lipinski definition) is 1. The maximum atomic E-state index is 13.3. The van der Waals surface area contributed by atoms with Crippen LogP contribution in [0, 0.1) is 0 Å². The number of fused-ring (bicyclic) bond motifs is 1. The van der Waals surface area contributed by atoms with Crippen molar-refractivity contribution in [3.63, 3.8) is 0 Å². The van der Waals surface area contributed by atoms with Crippen molar-refractivity contribution < 1.29 is 41.4 Å². The number of methoxy groups -OCH3 is 1. The van der Waals surface area contributed by atoms with Gasteiger partial charge in [0.05, 0.1) is 28.5 Å². The molecule has 0 saturated heterocycles. The summed E-state index contributed by atoms with van der Waals surface area (Å²) in [6, 6.07) is 0.945. The lowest BCUT2D eigenvalue weighted by Crippen LogP contribution is -2.32. The second-order valence-corrected chi connectivity index (χ2v) is 9.37. The summed E-state index contributed by atoms with van der Waals surface area (Å²) in [7, 11) is 1.24. The molecule has 0 atom stereocenters. The molecule has 13 heteroatoms. The number of Topliss-reactive ketones (excluding diaryl/α,β-unsaturated/α-hetero) is 1. The van der Waals surface area contributed by atoms with E-state index in [-0.39, 0.29) is 34.8 Å². The maximum Gasteiger partial charge on any atom is 0.464 e. The van der Waals surface area contributed by atoms with Crippen LogP contribution in [0.2, 0.25) is 0 Å². The van der Waals surface area contributed by atoms with Gasteiger partial charge in [-0.05, 0) is 30.3 Å². The van der Waals surface area contributed by atoms with Crippen molar-refractivity contribution in [2.45, 2.75) is 35.4 Å². The molecule has 172 valence electrons. The first-order valence-electron chi connectivity index (χ1n) is 8.70. The van der Waals surface area contributed by atoms with Gasteiger partial charge >= 0.3 is 17.4 Å². The number of aliphatic imine (C=N–C) groups is 1. The molecule has 1 aromatic heterocycles. The van der Waals surface area contributed by atoms with E-state index in [9.17, 15) is 31.5 Å². The summed E-state index contributed by atoms with van der Waals surface area (Å²) in [5.41, 5.74) is 1.42. The Balaban J connectivity index is 1.95. The number of allylic oxidation sites excluding steroid dienone is 4. The SMILES string of the molecule is COC1=C(C(=O)c2csc(SC(F)(F)C(F)(F)F)c2)CC2=NC(C)=C(CC(=O)O)C2=C1Cl. The first kappa shape index (κ1) is 24.5. The minimum absolute atomic E-state index is 0.0256. The fraction of sp³-hybridized carbons (Fsp3) is 0.316. The predicted molar refractivity (Wildman–Crippen MR) is 109 cm³/mol. The van der Waals surface area contributed by atoms with E-state index in [1.165, 1.54) is 12.5 Å². The molecule has 0 bridgehead atoms. The number of rotatable bonds is 7. The average molecular weight is 514 g/mol. The normalized spacial score (nSPS) is 17.1.